The highest BCUT2D eigenvalue weighted by molar-refractivity contribution is 5.09. The minimum atomic E-state index is 0.866. The number of nitrogens with zero attached hydrogens (tertiary/aromatic N) is 2. The minimum absolute atomic E-state index is 0.866. The number of likely N-dealkylation sites (tertiary alicyclic amines) is 1. The molecule has 2 nitrogen and oxygen atoms in total. The maximum Gasteiger partial charge on any atom is 0.0271 e. The van der Waals surface area contributed by atoms with Gasteiger partial charge >= 0.3 is 0 Å². The molecule has 0 N–H and O–H groups in total. The molecule has 1 aromatic rings. The van der Waals surface area contributed by atoms with Crippen LogP contribution >= 0.6 is 0 Å². The molecule has 2 heteroatoms. The quantitative estimate of drug-likeness (QED) is 0.711. The van der Waals surface area contributed by atoms with Crippen LogP contribution in [-0.2, 0) is 6.54 Å². The van der Waals surface area contributed by atoms with E-state index in [2.05, 4.69) is 28.9 Å². The van der Waals surface area contributed by atoms with E-state index < -0.39 is 0 Å². The predicted octanol–water partition coefficient (Wildman–Crippen LogP) is 2.31. The fraction of sp³-hybridized carbons (Fsp3) is 0.583. The number of rotatable bonds is 2. The van der Waals surface area contributed by atoms with Crippen molar-refractivity contribution < 1.29 is 0 Å². The second-order valence-electron chi connectivity index (χ2n) is 4.34. The molecule has 1 saturated heterocycles. The molecule has 76 valence electrons. The van der Waals surface area contributed by atoms with E-state index in [0.29, 0.717) is 0 Å². The highest BCUT2D eigenvalue weighted by Gasteiger charge is 2.15. The van der Waals surface area contributed by atoms with Crippen molar-refractivity contribution in [3.8, 4) is 0 Å². The lowest BCUT2D eigenvalue weighted by atomic mass is 10.00. The van der Waals surface area contributed by atoms with Crippen molar-refractivity contribution in [2.75, 3.05) is 13.1 Å². The van der Waals surface area contributed by atoms with Crippen molar-refractivity contribution >= 4 is 0 Å². The van der Waals surface area contributed by atoms with E-state index in [1.54, 1.807) is 0 Å². The average Bonchev–Trinajstić information content (AvgIpc) is 2.19. The second kappa shape index (κ2) is 4.56. The molecule has 0 bridgehead atoms. The lowest BCUT2D eigenvalue weighted by Gasteiger charge is -2.30. The Labute approximate surface area is 86.0 Å². The molecule has 1 aliphatic rings. The van der Waals surface area contributed by atoms with E-state index in [1.807, 2.05) is 12.4 Å². The van der Waals surface area contributed by atoms with Gasteiger partial charge in [-0.15, -0.1) is 0 Å². The molecule has 0 radical (unpaired) electrons. The van der Waals surface area contributed by atoms with Crippen LogP contribution < -0.4 is 0 Å². The largest absolute Gasteiger partial charge is 0.299 e. The number of pyridine rings is 1. The molecule has 1 atom stereocenters. The van der Waals surface area contributed by atoms with Crippen molar-refractivity contribution in [2.45, 2.75) is 26.3 Å². The molecule has 0 saturated carbocycles. The van der Waals surface area contributed by atoms with Gasteiger partial charge in [0.2, 0.25) is 0 Å². The number of piperidine rings is 1. The topological polar surface area (TPSA) is 16.1 Å². The molecule has 2 heterocycles. The summed E-state index contributed by atoms with van der Waals surface area (Å²) in [5.41, 5.74) is 1.38. The normalized spacial score (nSPS) is 23.6. The summed E-state index contributed by atoms with van der Waals surface area (Å²) >= 11 is 0. The Bertz CT molecular complexity index is 271. The summed E-state index contributed by atoms with van der Waals surface area (Å²) in [5, 5.41) is 0. The van der Waals surface area contributed by atoms with Crippen LogP contribution in [0, 0.1) is 5.92 Å². The van der Waals surface area contributed by atoms with Gasteiger partial charge in [-0.25, -0.2) is 0 Å². The van der Waals surface area contributed by atoms with Gasteiger partial charge in [-0.3, -0.25) is 9.88 Å². The van der Waals surface area contributed by atoms with Crippen LogP contribution in [0.15, 0.2) is 24.5 Å². The third-order valence-corrected chi connectivity index (χ3v) is 2.90. The Morgan fingerprint density at radius 2 is 2.21 bits per heavy atom. The first-order chi connectivity index (χ1) is 6.84. The maximum atomic E-state index is 4.03. The Morgan fingerprint density at radius 1 is 1.43 bits per heavy atom. The Kier molecular flexibility index (Phi) is 3.14. The van der Waals surface area contributed by atoms with E-state index >= 15 is 0 Å². The van der Waals surface area contributed by atoms with E-state index in [1.165, 1.54) is 31.5 Å². The molecule has 1 aromatic heterocycles. The molecule has 0 spiro atoms. The van der Waals surface area contributed by atoms with Gasteiger partial charge in [0.05, 0.1) is 0 Å². The third kappa shape index (κ3) is 2.55. The summed E-state index contributed by atoms with van der Waals surface area (Å²) < 4.78 is 0. The van der Waals surface area contributed by atoms with E-state index in [9.17, 15) is 0 Å². The monoisotopic (exact) mass is 190 g/mol. The molecule has 14 heavy (non-hydrogen) atoms. The zero-order chi connectivity index (χ0) is 9.80. The molecule has 2 rings (SSSR count). The molecule has 0 amide bonds. The van der Waals surface area contributed by atoms with Crippen molar-refractivity contribution in [3.05, 3.63) is 30.1 Å². The SMILES string of the molecule is C[C@@H]1CCCN(Cc2ccncc2)C1. The van der Waals surface area contributed by atoms with Gasteiger partial charge in [0.25, 0.3) is 0 Å². The fourth-order valence-electron chi connectivity index (χ4n) is 2.18. The first kappa shape index (κ1) is 9.66. The molecule has 1 aliphatic heterocycles. The molecule has 1 fully saturated rings. The Morgan fingerprint density at radius 3 is 2.93 bits per heavy atom. The second-order valence-corrected chi connectivity index (χ2v) is 4.34. The molecule has 0 unspecified atom stereocenters. The summed E-state index contributed by atoms with van der Waals surface area (Å²) in [4.78, 5) is 6.58. The lowest BCUT2D eigenvalue weighted by molar-refractivity contribution is 0.176. The van der Waals surface area contributed by atoms with Gasteiger partial charge in [-0.05, 0) is 43.0 Å². The van der Waals surface area contributed by atoms with E-state index in [0.717, 1.165) is 12.5 Å². The molecular formula is C12H18N2. The van der Waals surface area contributed by atoms with Crippen LogP contribution in [0.4, 0.5) is 0 Å². The van der Waals surface area contributed by atoms with Gasteiger partial charge in [0, 0.05) is 25.5 Å². The zero-order valence-corrected chi connectivity index (χ0v) is 8.82. The van der Waals surface area contributed by atoms with Crippen molar-refractivity contribution in [1.29, 1.82) is 0 Å². The third-order valence-electron chi connectivity index (χ3n) is 2.90. The smallest absolute Gasteiger partial charge is 0.0271 e. The number of aromatic nitrogens is 1. The van der Waals surface area contributed by atoms with Gasteiger partial charge < -0.3 is 0 Å². The van der Waals surface area contributed by atoms with E-state index in [4.69, 9.17) is 0 Å². The van der Waals surface area contributed by atoms with Gasteiger partial charge in [0.1, 0.15) is 0 Å². The number of hydrogen-bond acceptors (Lipinski definition) is 2. The summed E-state index contributed by atoms with van der Waals surface area (Å²) in [6, 6.07) is 4.22. The lowest BCUT2D eigenvalue weighted by Crippen LogP contribution is -2.33. The van der Waals surface area contributed by atoms with Crippen LogP contribution in [0.3, 0.4) is 0 Å². The predicted molar refractivity (Wildman–Crippen MR) is 57.9 cm³/mol. The summed E-state index contributed by atoms with van der Waals surface area (Å²) in [6.45, 7) is 5.94. The summed E-state index contributed by atoms with van der Waals surface area (Å²) in [7, 11) is 0. The fourth-order valence-corrected chi connectivity index (χ4v) is 2.18. The van der Waals surface area contributed by atoms with Crippen LogP contribution in [0.25, 0.3) is 0 Å². The van der Waals surface area contributed by atoms with Gasteiger partial charge in [-0.1, -0.05) is 6.92 Å². The highest BCUT2D eigenvalue weighted by Crippen LogP contribution is 2.17. The average molecular weight is 190 g/mol. The van der Waals surface area contributed by atoms with Crippen molar-refractivity contribution in [1.82, 2.24) is 9.88 Å². The van der Waals surface area contributed by atoms with Gasteiger partial charge in [0.15, 0.2) is 0 Å². The van der Waals surface area contributed by atoms with Crippen LogP contribution in [0.5, 0.6) is 0 Å². The number of hydrogen-bond donors (Lipinski definition) is 0. The van der Waals surface area contributed by atoms with Gasteiger partial charge in [-0.2, -0.15) is 0 Å². The van der Waals surface area contributed by atoms with Crippen LogP contribution in [0.2, 0.25) is 0 Å². The van der Waals surface area contributed by atoms with Crippen molar-refractivity contribution in [3.63, 3.8) is 0 Å². The molecular weight excluding hydrogens is 172 g/mol. The van der Waals surface area contributed by atoms with Crippen molar-refractivity contribution in [2.24, 2.45) is 5.92 Å². The Hall–Kier alpha value is -0.890. The van der Waals surface area contributed by atoms with Crippen LogP contribution in [-0.4, -0.2) is 23.0 Å². The first-order valence-electron chi connectivity index (χ1n) is 5.46. The summed E-state index contributed by atoms with van der Waals surface area (Å²) in [6.07, 6.45) is 6.50. The maximum absolute atomic E-state index is 4.03. The minimum Gasteiger partial charge on any atom is -0.299 e. The standard InChI is InChI=1S/C12H18N2/c1-11-3-2-8-14(9-11)10-12-4-6-13-7-5-12/h4-7,11H,2-3,8-10H2,1H3/t11-/m1/s1. The Balaban J connectivity index is 1.91. The zero-order valence-electron chi connectivity index (χ0n) is 8.82. The summed E-state index contributed by atoms with van der Waals surface area (Å²) in [5.74, 6) is 0.866. The van der Waals surface area contributed by atoms with E-state index in [-0.39, 0.29) is 0 Å². The molecule has 0 aliphatic carbocycles. The first-order valence-corrected chi connectivity index (χ1v) is 5.46. The highest BCUT2D eigenvalue weighted by atomic mass is 15.1. The molecule has 0 aromatic carbocycles. The van der Waals surface area contributed by atoms with Crippen LogP contribution in [0.1, 0.15) is 25.3 Å².